The van der Waals surface area contributed by atoms with Crippen molar-refractivity contribution in [2.45, 2.75) is 32.2 Å². The standard InChI is InChI=1S/C16H22ClN3/c1-13(12-19-10-4-5-11-19)20-15-7-3-2-6-14(15)18-16(20)8-9-17/h2-3,6-7,13H,4-5,8-12H2,1H3. The molecular weight excluding hydrogens is 270 g/mol. The van der Waals surface area contributed by atoms with Gasteiger partial charge in [0.2, 0.25) is 0 Å². The van der Waals surface area contributed by atoms with Gasteiger partial charge in [-0.05, 0) is 45.0 Å². The Bertz CT molecular complexity index is 572. The van der Waals surface area contributed by atoms with Gasteiger partial charge in [-0.25, -0.2) is 4.98 Å². The van der Waals surface area contributed by atoms with Crippen molar-refractivity contribution in [3.8, 4) is 0 Å². The number of halogens is 1. The van der Waals surface area contributed by atoms with Gasteiger partial charge >= 0.3 is 0 Å². The maximum absolute atomic E-state index is 5.95. The summed E-state index contributed by atoms with van der Waals surface area (Å²) in [4.78, 5) is 7.32. The molecule has 0 amide bonds. The quantitative estimate of drug-likeness (QED) is 0.787. The summed E-state index contributed by atoms with van der Waals surface area (Å²) in [6.07, 6.45) is 3.51. The van der Waals surface area contributed by atoms with Crippen molar-refractivity contribution in [2.75, 3.05) is 25.5 Å². The Labute approximate surface area is 125 Å². The first kappa shape index (κ1) is 13.9. The molecule has 0 radical (unpaired) electrons. The molecule has 20 heavy (non-hydrogen) atoms. The van der Waals surface area contributed by atoms with Crippen LogP contribution in [0.15, 0.2) is 24.3 Å². The third-order valence-corrected chi connectivity index (χ3v) is 4.34. The second kappa shape index (κ2) is 6.15. The molecule has 2 heterocycles. The van der Waals surface area contributed by atoms with Crippen molar-refractivity contribution < 1.29 is 0 Å². The average Bonchev–Trinajstić information content (AvgIpc) is 3.05. The van der Waals surface area contributed by atoms with Gasteiger partial charge in [0, 0.05) is 24.9 Å². The Kier molecular flexibility index (Phi) is 4.27. The van der Waals surface area contributed by atoms with Gasteiger partial charge in [0.25, 0.3) is 0 Å². The lowest BCUT2D eigenvalue weighted by Gasteiger charge is -2.23. The second-order valence-corrected chi connectivity index (χ2v) is 6.06. The number of para-hydroxylation sites is 2. The summed E-state index contributed by atoms with van der Waals surface area (Å²) < 4.78 is 2.38. The van der Waals surface area contributed by atoms with Crippen LogP contribution in [0.2, 0.25) is 0 Å². The summed E-state index contributed by atoms with van der Waals surface area (Å²) in [6.45, 7) is 5.88. The van der Waals surface area contributed by atoms with Gasteiger partial charge in [-0.15, -0.1) is 11.6 Å². The molecule has 1 saturated heterocycles. The minimum Gasteiger partial charge on any atom is -0.324 e. The van der Waals surface area contributed by atoms with Crippen molar-refractivity contribution in [1.82, 2.24) is 14.5 Å². The Morgan fingerprint density at radius 2 is 2.00 bits per heavy atom. The van der Waals surface area contributed by atoms with Gasteiger partial charge in [-0.1, -0.05) is 12.1 Å². The molecule has 0 aliphatic carbocycles. The zero-order valence-electron chi connectivity index (χ0n) is 12.1. The molecule has 2 aromatic rings. The minimum absolute atomic E-state index is 0.443. The van der Waals surface area contributed by atoms with E-state index in [2.05, 4.69) is 40.7 Å². The summed E-state index contributed by atoms with van der Waals surface area (Å²) in [7, 11) is 0. The van der Waals surface area contributed by atoms with Crippen LogP contribution in [0.5, 0.6) is 0 Å². The smallest absolute Gasteiger partial charge is 0.111 e. The molecule has 3 nitrogen and oxygen atoms in total. The van der Waals surface area contributed by atoms with Crippen LogP contribution in [-0.4, -0.2) is 40.0 Å². The predicted molar refractivity (Wildman–Crippen MR) is 84.5 cm³/mol. The van der Waals surface area contributed by atoms with E-state index in [4.69, 9.17) is 16.6 Å². The molecule has 1 aromatic heterocycles. The van der Waals surface area contributed by atoms with Crippen LogP contribution < -0.4 is 0 Å². The van der Waals surface area contributed by atoms with Gasteiger partial charge in [0.1, 0.15) is 5.82 Å². The first-order valence-corrected chi connectivity index (χ1v) is 8.07. The molecule has 1 aromatic carbocycles. The van der Waals surface area contributed by atoms with Crippen molar-refractivity contribution in [3.63, 3.8) is 0 Å². The lowest BCUT2D eigenvalue weighted by molar-refractivity contribution is 0.288. The van der Waals surface area contributed by atoms with Crippen LogP contribution in [0.3, 0.4) is 0 Å². The maximum atomic E-state index is 5.95. The van der Waals surface area contributed by atoms with Crippen LogP contribution in [0.25, 0.3) is 11.0 Å². The zero-order chi connectivity index (χ0) is 13.9. The molecule has 1 unspecified atom stereocenters. The van der Waals surface area contributed by atoms with Gasteiger partial charge in [0.05, 0.1) is 11.0 Å². The summed E-state index contributed by atoms with van der Waals surface area (Å²) in [5.41, 5.74) is 2.32. The predicted octanol–water partition coefficient (Wildman–Crippen LogP) is 3.47. The Morgan fingerprint density at radius 1 is 1.25 bits per heavy atom. The summed E-state index contributed by atoms with van der Waals surface area (Å²) in [5, 5.41) is 0. The first-order valence-electron chi connectivity index (χ1n) is 7.54. The second-order valence-electron chi connectivity index (χ2n) is 5.68. The summed E-state index contributed by atoms with van der Waals surface area (Å²) in [6, 6.07) is 8.84. The molecule has 108 valence electrons. The van der Waals surface area contributed by atoms with Crippen LogP contribution in [0.4, 0.5) is 0 Å². The Hall–Kier alpha value is -1.06. The molecular formula is C16H22ClN3. The van der Waals surface area contributed by atoms with Crippen LogP contribution in [-0.2, 0) is 6.42 Å². The van der Waals surface area contributed by atoms with E-state index < -0.39 is 0 Å². The number of alkyl halides is 1. The van der Waals surface area contributed by atoms with Gasteiger partial charge in [0.15, 0.2) is 0 Å². The number of benzene rings is 1. The Balaban J connectivity index is 1.92. The lowest BCUT2D eigenvalue weighted by atomic mass is 10.2. The molecule has 3 rings (SSSR count). The number of rotatable bonds is 5. The largest absolute Gasteiger partial charge is 0.324 e. The Morgan fingerprint density at radius 3 is 2.75 bits per heavy atom. The normalized spacial score (nSPS) is 17.9. The molecule has 4 heteroatoms. The van der Waals surface area contributed by atoms with Gasteiger partial charge < -0.3 is 9.47 Å². The number of hydrogen-bond acceptors (Lipinski definition) is 2. The minimum atomic E-state index is 0.443. The number of likely N-dealkylation sites (tertiary alicyclic amines) is 1. The third-order valence-electron chi connectivity index (χ3n) is 4.15. The number of aryl methyl sites for hydroxylation is 1. The highest BCUT2D eigenvalue weighted by Crippen LogP contribution is 2.23. The van der Waals surface area contributed by atoms with E-state index in [1.807, 2.05) is 0 Å². The monoisotopic (exact) mass is 291 g/mol. The topological polar surface area (TPSA) is 21.1 Å². The summed E-state index contributed by atoms with van der Waals surface area (Å²) >= 11 is 5.95. The third kappa shape index (κ3) is 2.70. The van der Waals surface area contributed by atoms with E-state index >= 15 is 0 Å². The number of imidazole rings is 1. The molecule has 0 saturated carbocycles. The van der Waals surface area contributed by atoms with E-state index in [1.165, 1.54) is 31.4 Å². The van der Waals surface area contributed by atoms with Crippen molar-refractivity contribution >= 4 is 22.6 Å². The fourth-order valence-corrected chi connectivity index (χ4v) is 3.44. The number of hydrogen-bond donors (Lipinski definition) is 0. The average molecular weight is 292 g/mol. The van der Waals surface area contributed by atoms with E-state index in [0.717, 1.165) is 24.3 Å². The van der Waals surface area contributed by atoms with E-state index in [-0.39, 0.29) is 0 Å². The van der Waals surface area contributed by atoms with E-state index in [9.17, 15) is 0 Å². The number of nitrogens with zero attached hydrogens (tertiary/aromatic N) is 3. The zero-order valence-corrected chi connectivity index (χ0v) is 12.8. The highest BCUT2D eigenvalue weighted by atomic mass is 35.5. The van der Waals surface area contributed by atoms with Crippen LogP contribution in [0, 0.1) is 0 Å². The van der Waals surface area contributed by atoms with E-state index in [1.54, 1.807) is 0 Å². The van der Waals surface area contributed by atoms with Crippen molar-refractivity contribution in [1.29, 1.82) is 0 Å². The van der Waals surface area contributed by atoms with Crippen LogP contribution >= 0.6 is 11.6 Å². The SMILES string of the molecule is CC(CN1CCCC1)n1c(CCCl)nc2ccccc21. The molecule has 1 aliphatic rings. The maximum Gasteiger partial charge on any atom is 0.111 e. The fourth-order valence-electron chi connectivity index (χ4n) is 3.27. The van der Waals surface area contributed by atoms with Crippen LogP contribution in [0.1, 0.15) is 31.6 Å². The molecule has 0 N–H and O–H groups in total. The molecule has 1 fully saturated rings. The fraction of sp³-hybridized carbons (Fsp3) is 0.562. The molecule has 1 aliphatic heterocycles. The first-order chi connectivity index (χ1) is 9.79. The summed E-state index contributed by atoms with van der Waals surface area (Å²) in [5.74, 6) is 1.74. The lowest BCUT2D eigenvalue weighted by Crippen LogP contribution is -2.27. The highest BCUT2D eigenvalue weighted by molar-refractivity contribution is 6.17. The molecule has 0 spiro atoms. The molecule has 0 bridgehead atoms. The van der Waals surface area contributed by atoms with Crippen molar-refractivity contribution in [3.05, 3.63) is 30.1 Å². The van der Waals surface area contributed by atoms with Gasteiger partial charge in [-0.2, -0.15) is 0 Å². The number of aromatic nitrogens is 2. The van der Waals surface area contributed by atoms with Gasteiger partial charge in [-0.3, -0.25) is 0 Å². The highest BCUT2D eigenvalue weighted by Gasteiger charge is 2.19. The molecule has 1 atom stereocenters. The van der Waals surface area contributed by atoms with E-state index in [0.29, 0.717) is 11.9 Å². The van der Waals surface area contributed by atoms with Crippen molar-refractivity contribution in [2.24, 2.45) is 0 Å². The number of fused-ring (bicyclic) bond motifs is 1.